The van der Waals surface area contributed by atoms with Crippen molar-refractivity contribution in [3.63, 3.8) is 0 Å². The number of fused-ring (bicyclic) bond motifs is 2. The van der Waals surface area contributed by atoms with Crippen molar-refractivity contribution in [2.24, 2.45) is 16.5 Å². The number of primary amides is 1. The number of hydrogen-bond acceptors (Lipinski definition) is 9. The highest BCUT2D eigenvalue weighted by molar-refractivity contribution is 8.03. The van der Waals surface area contributed by atoms with E-state index < -0.39 is 41.2 Å². The molecule has 0 aromatic heterocycles. The van der Waals surface area contributed by atoms with Gasteiger partial charge in [-0.2, -0.15) is 13.2 Å². The second-order valence-corrected chi connectivity index (χ2v) is 8.69. The first-order valence-corrected chi connectivity index (χ1v) is 10.6. The Labute approximate surface area is 180 Å². The first-order valence-electron chi connectivity index (χ1n) is 8.52. The quantitative estimate of drug-likeness (QED) is 0.411. The number of nitrogens with one attached hydrogen (secondary N) is 1. The van der Waals surface area contributed by atoms with Gasteiger partial charge in [-0.3, -0.25) is 9.69 Å². The number of allylic oxidation sites excluding steroid dienone is 1. The molecule has 1 saturated heterocycles. The van der Waals surface area contributed by atoms with E-state index in [0.717, 1.165) is 39.0 Å². The van der Waals surface area contributed by atoms with Crippen LogP contribution in [0.5, 0.6) is 0 Å². The maximum atomic E-state index is 13.3. The Balaban J connectivity index is 1.61. The SMILES string of the molecule is NC(=O)N1C=C2N=C(C(F)(F)F)C=C(SCC3=C(C(=O)O)N4C(=O)[C@@H](N)[C@H]4SC3)N2N1. The van der Waals surface area contributed by atoms with E-state index in [2.05, 4.69) is 10.5 Å². The predicted octanol–water partition coefficient (Wildman–Crippen LogP) is 0.0738. The van der Waals surface area contributed by atoms with Gasteiger partial charge >= 0.3 is 18.2 Å². The van der Waals surface area contributed by atoms with Gasteiger partial charge in [0.05, 0.1) is 11.2 Å². The van der Waals surface area contributed by atoms with Crippen molar-refractivity contribution < 1.29 is 32.7 Å². The average molecular weight is 477 g/mol. The Bertz CT molecular complexity index is 1010. The predicted molar refractivity (Wildman–Crippen MR) is 104 cm³/mol. The summed E-state index contributed by atoms with van der Waals surface area (Å²) in [5, 5.41) is 11.0. The maximum Gasteiger partial charge on any atom is 0.433 e. The molecule has 0 unspecified atom stereocenters. The lowest BCUT2D eigenvalue weighted by molar-refractivity contribution is -0.147. The third-order valence-corrected chi connectivity index (χ3v) is 7.06. The first-order chi connectivity index (χ1) is 14.5. The van der Waals surface area contributed by atoms with Crippen molar-refractivity contribution in [2.75, 3.05) is 11.5 Å². The van der Waals surface area contributed by atoms with E-state index in [9.17, 15) is 32.7 Å². The van der Waals surface area contributed by atoms with E-state index in [1.807, 2.05) is 0 Å². The number of amides is 3. The monoisotopic (exact) mass is 477 g/mol. The van der Waals surface area contributed by atoms with Crippen LogP contribution in [0.4, 0.5) is 18.0 Å². The third-order valence-electron chi connectivity index (χ3n) is 4.61. The van der Waals surface area contributed by atoms with Gasteiger partial charge in [-0.1, -0.05) is 0 Å². The number of hydrazine groups is 2. The number of urea groups is 1. The zero-order valence-electron chi connectivity index (χ0n) is 15.3. The van der Waals surface area contributed by atoms with Gasteiger partial charge in [0.15, 0.2) is 5.82 Å². The van der Waals surface area contributed by atoms with E-state index in [4.69, 9.17) is 11.5 Å². The number of aliphatic imine (C=N–C) groups is 1. The van der Waals surface area contributed by atoms with E-state index in [1.54, 1.807) is 0 Å². The van der Waals surface area contributed by atoms with E-state index in [1.165, 1.54) is 11.8 Å². The Morgan fingerprint density at radius 3 is 2.74 bits per heavy atom. The number of nitrogens with zero attached hydrogens (tertiary/aromatic N) is 4. The van der Waals surface area contributed by atoms with Crippen LogP contribution in [0, 0.1) is 0 Å². The van der Waals surface area contributed by atoms with Crippen molar-refractivity contribution in [3.8, 4) is 0 Å². The molecule has 4 rings (SSSR count). The highest BCUT2D eigenvalue weighted by Crippen LogP contribution is 2.42. The van der Waals surface area contributed by atoms with Crippen LogP contribution in [0.15, 0.2) is 39.4 Å². The normalized spacial score (nSPS) is 25.5. The van der Waals surface area contributed by atoms with Crippen LogP contribution in [0.3, 0.4) is 0 Å². The van der Waals surface area contributed by atoms with Crippen LogP contribution in [-0.2, 0) is 9.59 Å². The summed E-state index contributed by atoms with van der Waals surface area (Å²) in [6, 6.07) is -1.75. The lowest BCUT2D eigenvalue weighted by Gasteiger charge is -2.48. The van der Waals surface area contributed by atoms with Crippen molar-refractivity contribution in [1.82, 2.24) is 20.5 Å². The molecule has 11 nitrogen and oxygen atoms in total. The fraction of sp³-hybridized carbons (Fsp3) is 0.333. The number of hydrogen-bond donors (Lipinski definition) is 4. The summed E-state index contributed by atoms with van der Waals surface area (Å²) in [5.74, 6) is -1.85. The lowest BCUT2D eigenvalue weighted by atomic mass is 10.0. The van der Waals surface area contributed by atoms with Crippen LogP contribution in [0.2, 0.25) is 0 Å². The Hall–Kier alpha value is -2.69. The number of carboxylic acid groups (broad SMARTS) is 1. The van der Waals surface area contributed by atoms with Crippen LogP contribution in [0.1, 0.15) is 0 Å². The van der Waals surface area contributed by atoms with Crippen molar-refractivity contribution in [2.45, 2.75) is 17.6 Å². The smallest absolute Gasteiger partial charge is 0.433 e. The molecule has 3 amide bonds. The van der Waals surface area contributed by atoms with Gasteiger partial charge in [-0.15, -0.1) is 29.1 Å². The molecule has 2 atom stereocenters. The number of aliphatic carboxylic acids is 1. The molecule has 4 heterocycles. The number of carbonyl (C=O) groups excluding carboxylic acids is 2. The standard InChI is InChI=1S/C15H14F3N7O4S2/c16-15(17,18)6-1-8(25-7(21-6)2-23(22-25)14(20)29)30-3-5-4-31-12-9(19)11(26)24(12)10(5)13(27)28/h1-2,9,12,22H,3-4,19H2,(H2,20,29)(H,27,28)/t9-,12-/m1/s1. The molecule has 166 valence electrons. The molecule has 6 N–H and O–H groups in total. The highest BCUT2D eigenvalue weighted by Gasteiger charge is 2.51. The summed E-state index contributed by atoms with van der Waals surface area (Å²) >= 11 is 2.17. The summed E-state index contributed by atoms with van der Waals surface area (Å²) in [6.07, 6.45) is -2.98. The van der Waals surface area contributed by atoms with Crippen LogP contribution in [-0.4, -0.2) is 72.7 Å². The molecular weight excluding hydrogens is 463 g/mol. The van der Waals surface area contributed by atoms with Gasteiger partial charge in [0.2, 0.25) is 5.91 Å². The highest BCUT2D eigenvalue weighted by atomic mass is 32.2. The molecule has 31 heavy (non-hydrogen) atoms. The molecule has 0 spiro atoms. The largest absolute Gasteiger partial charge is 0.477 e. The van der Waals surface area contributed by atoms with Gasteiger partial charge in [0.1, 0.15) is 22.8 Å². The molecule has 4 aliphatic heterocycles. The minimum Gasteiger partial charge on any atom is -0.477 e. The first kappa shape index (κ1) is 21.5. The fourth-order valence-electron chi connectivity index (χ4n) is 3.16. The fourth-order valence-corrected chi connectivity index (χ4v) is 5.60. The zero-order chi connectivity index (χ0) is 22.7. The van der Waals surface area contributed by atoms with E-state index in [0.29, 0.717) is 5.57 Å². The summed E-state index contributed by atoms with van der Waals surface area (Å²) in [5.41, 5.74) is 12.3. The van der Waals surface area contributed by atoms with Gasteiger partial charge in [-0.05, 0) is 5.57 Å². The van der Waals surface area contributed by atoms with Gasteiger partial charge in [0.25, 0.3) is 0 Å². The van der Waals surface area contributed by atoms with Crippen molar-refractivity contribution >= 4 is 47.1 Å². The van der Waals surface area contributed by atoms with Gasteiger partial charge in [-0.25, -0.2) is 24.6 Å². The Morgan fingerprint density at radius 2 is 2.13 bits per heavy atom. The number of rotatable bonds is 4. The number of carbonyl (C=O) groups is 3. The third kappa shape index (κ3) is 3.64. The molecule has 16 heteroatoms. The zero-order valence-corrected chi connectivity index (χ0v) is 16.9. The number of halogens is 3. The molecule has 0 aromatic carbocycles. The maximum absolute atomic E-state index is 13.3. The molecule has 4 aliphatic rings. The number of alkyl halides is 3. The summed E-state index contributed by atoms with van der Waals surface area (Å²) in [6.45, 7) is 0. The lowest BCUT2D eigenvalue weighted by Crippen LogP contribution is -2.68. The minimum absolute atomic E-state index is 0.00771. The second kappa shape index (κ2) is 7.47. The van der Waals surface area contributed by atoms with Crippen LogP contribution < -0.4 is 17.0 Å². The Kier molecular flexibility index (Phi) is 5.19. The molecule has 1 fully saturated rings. The van der Waals surface area contributed by atoms with Crippen molar-refractivity contribution in [1.29, 1.82) is 0 Å². The van der Waals surface area contributed by atoms with E-state index >= 15 is 0 Å². The average Bonchev–Trinajstić information content (AvgIpc) is 3.14. The minimum atomic E-state index is -4.75. The molecule has 0 aliphatic carbocycles. The van der Waals surface area contributed by atoms with Gasteiger partial charge in [0, 0.05) is 17.6 Å². The molecule has 0 bridgehead atoms. The van der Waals surface area contributed by atoms with Crippen molar-refractivity contribution in [3.05, 3.63) is 34.4 Å². The molecule has 0 saturated carbocycles. The molecular formula is C15H14F3N7O4S2. The summed E-state index contributed by atoms with van der Waals surface area (Å²) < 4.78 is 39.8. The Morgan fingerprint density at radius 1 is 1.42 bits per heavy atom. The summed E-state index contributed by atoms with van der Waals surface area (Å²) in [4.78, 5) is 39.7. The topological polar surface area (TPSA) is 158 Å². The number of thioether (sulfide) groups is 2. The van der Waals surface area contributed by atoms with Gasteiger partial charge < -0.3 is 16.6 Å². The molecule has 0 aromatic rings. The van der Waals surface area contributed by atoms with Crippen LogP contribution in [0.25, 0.3) is 0 Å². The number of β-lactam (4-membered cyclic amide) rings is 1. The van der Waals surface area contributed by atoms with E-state index in [-0.39, 0.29) is 28.1 Å². The summed E-state index contributed by atoms with van der Waals surface area (Å²) in [7, 11) is 0. The number of carboxylic acids is 1. The second-order valence-electron chi connectivity index (χ2n) is 6.59. The number of nitrogens with two attached hydrogens (primary N) is 2. The molecule has 0 radical (unpaired) electrons. The van der Waals surface area contributed by atoms with Crippen LogP contribution >= 0.6 is 23.5 Å².